The molecule has 0 amide bonds. The molecule has 0 saturated carbocycles. The molecule has 1 N–H and O–H groups in total. The number of rotatable bonds is 1. The monoisotopic (exact) mass is 306 g/mol. The van der Waals surface area contributed by atoms with Crippen LogP contribution in [-0.4, -0.2) is 83.9 Å². The van der Waals surface area contributed by atoms with Crippen LogP contribution in [0.25, 0.3) is 0 Å². The summed E-state index contributed by atoms with van der Waals surface area (Å²) < 4.78 is 32.2. The Morgan fingerprint density at radius 2 is 1.05 bits per heavy atom. The number of aliphatic hydroxyl groups is 1. The maximum absolute atomic E-state index is 9.43. The molecule has 0 spiro atoms. The van der Waals surface area contributed by atoms with E-state index in [2.05, 4.69) is 6.58 Å². The molecule has 21 heavy (non-hydrogen) atoms. The van der Waals surface area contributed by atoms with Crippen LogP contribution in [0.5, 0.6) is 0 Å². The third-order valence-electron chi connectivity index (χ3n) is 2.68. The minimum atomic E-state index is -0.549. The van der Waals surface area contributed by atoms with Crippen molar-refractivity contribution in [1.82, 2.24) is 0 Å². The maximum atomic E-state index is 9.43. The Bertz CT molecular complexity index is 242. The fourth-order valence-corrected chi connectivity index (χ4v) is 1.56. The molecule has 0 aromatic rings. The molecule has 0 aromatic carbocycles. The van der Waals surface area contributed by atoms with E-state index in [-0.39, 0.29) is 12.4 Å². The summed E-state index contributed by atoms with van der Waals surface area (Å²) in [6, 6.07) is 0. The molecule has 0 aromatic heterocycles. The predicted octanol–water partition coefficient (Wildman–Crippen LogP) is 0.540. The SMILES string of the molecule is C=C(O)C1COCCOCCOCCOCCOCCO1. The van der Waals surface area contributed by atoms with Crippen molar-refractivity contribution in [2.45, 2.75) is 6.10 Å². The second kappa shape index (κ2) is 13.0. The van der Waals surface area contributed by atoms with Crippen LogP contribution in [-0.2, 0) is 28.4 Å². The Morgan fingerprint density at radius 3 is 1.48 bits per heavy atom. The number of ether oxygens (including phenoxy) is 6. The van der Waals surface area contributed by atoms with Gasteiger partial charge in [-0.15, -0.1) is 0 Å². The highest BCUT2D eigenvalue weighted by atomic mass is 16.6. The van der Waals surface area contributed by atoms with E-state index < -0.39 is 6.10 Å². The lowest BCUT2D eigenvalue weighted by Crippen LogP contribution is -2.25. The molecule has 0 aliphatic carbocycles. The van der Waals surface area contributed by atoms with Gasteiger partial charge in [-0.05, 0) is 0 Å². The highest BCUT2D eigenvalue weighted by molar-refractivity contribution is 4.90. The zero-order chi connectivity index (χ0) is 15.2. The van der Waals surface area contributed by atoms with E-state index in [1.165, 1.54) is 0 Å². The van der Waals surface area contributed by atoms with E-state index in [1.807, 2.05) is 0 Å². The van der Waals surface area contributed by atoms with E-state index in [4.69, 9.17) is 28.4 Å². The first-order valence-electron chi connectivity index (χ1n) is 7.19. The van der Waals surface area contributed by atoms with Gasteiger partial charge in [0.25, 0.3) is 0 Å². The van der Waals surface area contributed by atoms with Crippen LogP contribution in [0.15, 0.2) is 12.3 Å². The third-order valence-corrected chi connectivity index (χ3v) is 2.68. The molecule has 0 radical (unpaired) electrons. The lowest BCUT2D eigenvalue weighted by atomic mass is 10.3. The molecule has 124 valence electrons. The normalized spacial score (nSPS) is 25.6. The molecule has 1 heterocycles. The summed E-state index contributed by atoms with van der Waals surface area (Å²) in [7, 11) is 0. The highest BCUT2D eigenvalue weighted by Gasteiger charge is 2.12. The van der Waals surface area contributed by atoms with E-state index in [9.17, 15) is 5.11 Å². The minimum absolute atomic E-state index is 0.0537. The lowest BCUT2D eigenvalue weighted by Gasteiger charge is -2.17. The maximum Gasteiger partial charge on any atom is 0.137 e. The van der Waals surface area contributed by atoms with E-state index in [1.54, 1.807) is 0 Å². The number of aliphatic hydroxyl groups excluding tert-OH is 1. The molecule has 1 aliphatic rings. The van der Waals surface area contributed by atoms with Gasteiger partial charge in [0.1, 0.15) is 11.9 Å². The molecule has 1 saturated heterocycles. The first kappa shape index (κ1) is 18.3. The van der Waals surface area contributed by atoms with Crippen LogP contribution in [0.1, 0.15) is 0 Å². The molecule has 7 nitrogen and oxygen atoms in total. The molecule has 1 aliphatic heterocycles. The van der Waals surface area contributed by atoms with Crippen LogP contribution in [0.2, 0.25) is 0 Å². The van der Waals surface area contributed by atoms with Crippen LogP contribution < -0.4 is 0 Å². The molecule has 1 rings (SSSR count). The van der Waals surface area contributed by atoms with Crippen LogP contribution in [0.4, 0.5) is 0 Å². The van der Waals surface area contributed by atoms with Gasteiger partial charge in [-0.2, -0.15) is 0 Å². The van der Waals surface area contributed by atoms with Crippen molar-refractivity contribution < 1.29 is 33.5 Å². The zero-order valence-corrected chi connectivity index (χ0v) is 12.5. The van der Waals surface area contributed by atoms with Gasteiger partial charge in [0.15, 0.2) is 0 Å². The molecule has 0 bridgehead atoms. The molecular weight excluding hydrogens is 280 g/mol. The molecule has 7 heteroatoms. The molecule has 1 atom stereocenters. The van der Waals surface area contributed by atoms with Gasteiger partial charge in [0, 0.05) is 0 Å². The van der Waals surface area contributed by atoms with Gasteiger partial charge >= 0.3 is 0 Å². The predicted molar refractivity (Wildman–Crippen MR) is 75.6 cm³/mol. The summed E-state index contributed by atoms with van der Waals surface area (Å²) in [5.74, 6) is -0.0537. The van der Waals surface area contributed by atoms with Crippen LogP contribution >= 0.6 is 0 Å². The highest BCUT2D eigenvalue weighted by Crippen LogP contribution is 2.02. The summed E-state index contributed by atoms with van der Waals surface area (Å²) >= 11 is 0. The fourth-order valence-electron chi connectivity index (χ4n) is 1.56. The second-order valence-corrected chi connectivity index (χ2v) is 4.38. The van der Waals surface area contributed by atoms with Crippen LogP contribution in [0.3, 0.4) is 0 Å². The lowest BCUT2D eigenvalue weighted by molar-refractivity contribution is -0.0587. The van der Waals surface area contributed by atoms with Crippen LogP contribution in [0, 0.1) is 0 Å². The van der Waals surface area contributed by atoms with Gasteiger partial charge in [-0.3, -0.25) is 0 Å². The van der Waals surface area contributed by atoms with Crippen molar-refractivity contribution in [2.24, 2.45) is 0 Å². The van der Waals surface area contributed by atoms with Crippen molar-refractivity contribution >= 4 is 0 Å². The van der Waals surface area contributed by atoms with E-state index >= 15 is 0 Å². The summed E-state index contributed by atoms with van der Waals surface area (Å²) in [6.45, 7) is 8.50. The summed E-state index contributed by atoms with van der Waals surface area (Å²) in [5, 5.41) is 9.43. The van der Waals surface area contributed by atoms with E-state index in [0.717, 1.165) is 0 Å². The third kappa shape index (κ3) is 10.6. The average molecular weight is 306 g/mol. The first-order chi connectivity index (χ1) is 10.3. The second-order valence-electron chi connectivity index (χ2n) is 4.38. The summed E-state index contributed by atoms with van der Waals surface area (Å²) in [4.78, 5) is 0. The van der Waals surface area contributed by atoms with Gasteiger partial charge < -0.3 is 33.5 Å². The number of hydrogen-bond donors (Lipinski definition) is 1. The smallest absolute Gasteiger partial charge is 0.137 e. The van der Waals surface area contributed by atoms with Gasteiger partial charge in [0.05, 0.1) is 72.7 Å². The Hall–Kier alpha value is -0.700. The van der Waals surface area contributed by atoms with Crippen molar-refractivity contribution in [1.29, 1.82) is 0 Å². The van der Waals surface area contributed by atoms with Gasteiger partial charge in [-0.1, -0.05) is 6.58 Å². The van der Waals surface area contributed by atoms with E-state index in [0.29, 0.717) is 66.1 Å². The Morgan fingerprint density at radius 1 is 0.667 bits per heavy atom. The Kier molecular flexibility index (Phi) is 11.4. The summed E-state index contributed by atoms with van der Waals surface area (Å²) in [6.07, 6.45) is -0.549. The summed E-state index contributed by atoms with van der Waals surface area (Å²) in [5.41, 5.74) is 0. The molecular formula is C14H26O7. The number of hydrogen-bond acceptors (Lipinski definition) is 7. The molecule has 1 unspecified atom stereocenters. The Labute approximate surface area is 125 Å². The van der Waals surface area contributed by atoms with Crippen molar-refractivity contribution in [3.8, 4) is 0 Å². The standard InChI is InChI=1S/C14H26O7/c1-13(15)14-12-20-9-8-18-5-4-16-2-3-17-6-7-19-10-11-21-14/h14-15H,1-12H2. The van der Waals surface area contributed by atoms with Crippen molar-refractivity contribution in [2.75, 3.05) is 72.7 Å². The first-order valence-corrected chi connectivity index (χ1v) is 7.19. The molecule has 1 fully saturated rings. The van der Waals surface area contributed by atoms with Crippen molar-refractivity contribution in [3.05, 3.63) is 12.3 Å². The zero-order valence-electron chi connectivity index (χ0n) is 12.5. The largest absolute Gasteiger partial charge is 0.510 e. The van der Waals surface area contributed by atoms with Gasteiger partial charge in [-0.25, -0.2) is 0 Å². The topological polar surface area (TPSA) is 75.6 Å². The van der Waals surface area contributed by atoms with Crippen molar-refractivity contribution in [3.63, 3.8) is 0 Å². The minimum Gasteiger partial charge on any atom is -0.510 e. The Balaban J connectivity index is 2.23. The quantitative estimate of drug-likeness (QED) is 0.709. The van der Waals surface area contributed by atoms with Gasteiger partial charge in [0.2, 0.25) is 0 Å². The fraction of sp³-hybridized carbons (Fsp3) is 0.857. The average Bonchev–Trinajstić information content (AvgIpc) is 2.47.